The van der Waals surface area contributed by atoms with E-state index in [4.69, 9.17) is 11.1 Å². The van der Waals surface area contributed by atoms with Crippen molar-refractivity contribution >= 4 is 5.84 Å². The van der Waals surface area contributed by atoms with E-state index in [1.165, 1.54) is 0 Å². The van der Waals surface area contributed by atoms with Crippen molar-refractivity contribution in [3.8, 4) is 0 Å². The highest BCUT2D eigenvalue weighted by molar-refractivity contribution is 5.79. The first kappa shape index (κ1) is 7.95. The zero-order valence-electron chi connectivity index (χ0n) is 5.65. The van der Waals surface area contributed by atoms with Gasteiger partial charge in [-0.2, -0.15) is 0 Å². The van der Waals surface area contributed by atoms with Crippen LogP contribution in [0.4, 0.5) is 0 Å². The number of allylic oxidation sites excluding steroid dienone is 2. The molecule has 0 heterocycles. The normalized spacial score (nSPS) is 11.0. The highest BCUT2D eigenvalue weighted by atomic mass is 14.7. The fourth-order valence-corrected chi connectivity index (χ4v) is 0.561. The first-order valence-corrected chi connectivity index (χ1v) is 2.78. The summed E-state index contributed by atoms with van der Waals surface area (Å²) in [5.41, 5.74) is 6.20. The molecule has 0 spiro atoms. The number of hydrogen-bond acceptors (Lipinski definition) is 1. The zero-order valence-corrected chi connectivity index (χ0v) is 5.65. The minimum Gasteiger partial charge on any atom is -0.387 e. The number of rotatable bonds is 3. The summed E-state index contributed by atoms with van der Waals surface area (Å²) in [4.78, 5) is 0. The Morgan fingerprint density at radius 1 is 1.78 bits per heavy atom. The quantitative estimate of drug-likeness (QED) is 0.334. The third-order valence-corrected chi connectivity index (χ3v) is 0.872. The number of nitrogens with two attached hydrogens (primary N) is 1. The van der Waals surface area contributed by atoms with Crippen molar-refractivity contribution < 1.29 is 0 Å². The monoisotopic (exact) mass is 124 g/mol. The SMILES string of the molecule is C=C/C=C(\C)CC(=N)N. The molecular formula is C7H12N2. The maximum atomic E-state index is 6.91. The van der Waals surface area contributed by atoms with E-state index < -0.39 is 0 Å². The van der Waals surface area contributed by atoms with E-state index in [0.29, 0.717) is 6.42 Å². The van der Waals surface area contributed by atoms with Crippen LogP contribution in [0.1, 0.15) is 13.3 Å². The summed E-state index contributed by atoms with van der Waals surface area (Å²) in [6, 6.07) is 0. The molecule has 0 aliphatic heterocycles. The van der Waals surface area contributed by atoms with E-state index in [1.54, 1.807) is 6.08 Å². The molecular weight excluding hydrogens is 112 g/mol. The predicted octanol–water partition coefficient (Wildman–Crippen LogP) is 1.44. The van der Waals surface area contributed by atoms with E-state index >= 15 is 0 Å². The Morgan fingerprint density at radius 3 is 2.67 bits per heavy atom. The molecule has 0 rings (SSSR count). The molecule has 2 heteroatoms. The van der Waals surface area contributed by atoms with Gasteiger partial charge in [0.2, 0.25) is 0 Å². The molecule has 0 saturated carbocycles. The summed E-state index contributed by atoms with van der Waals surface area (Å²) in [7, 11) is 0. The van der Waals surface area contributed by atoms with Gasteiger partial charge in [0.1, 0.15) is 0 Å². The molecule has 0 aromatic rings. The molecule has 0 unspecified atom stereocenters. The Hall–Kier alpha value is -1.05. The molecule has 0 aromatic carbocycles. The average molecular weight is 124 g/mol. The van der Waals surface area contributed by atoms with E-state index in [9.17, 15) is 0 Å². The summed E-state index contributed by atoms with van der Waals surface area (Å²) >= 11 is 0. The fraction of sp³-hybridized carbons (Fsp3) is 0.286. The molecule has 0 radical (unpaired) electrons. The van der Waals surface area contributed by atoms with Crippen LogP contribution in [0, 0.1) is 5.41 Å². The average Bonchev–Trinajstić information content (AvgIpc) is 1.63. The van der Waals surface area contributed by atoms with Crippen LogP contribution in [0.3, 0.4) is 0 Å². The van der Waals surface area contributed by atoms with Crippen molar-refractivity contribution in [3.63, 3.8) is 0 Å². The first-order valence-electron chi connectivity index (χ1n) is 2.78. The lowest BCUT2D eigenvalue weighted by molar-refractivity contribution is 1.20. The Morgan fingerprint density at radius 2 is 2.33 bits per heavy atom. The number of hydrogen-bond donors (Lipinski definition) is 2. The summed E-state index contributed by atoms with van der Waals surface area (Å²) < 4.78 is 0. The molecule has 0 saturated heterocycles. The lowest BCUT2D eigenvalue weighted by Crippen LogP contribution is -2.08. The molecule has 0 aliphatic carbocycles. The van der Waals surface area contributed by atoms with Gasteiger partial charge >= 0.3 is 0 Å². The molecule has 0 bridgehead atoms. The van der Waals surface area contributed by atoms with Crippen molar-refractivity contribution in [2.24, 2.45) is 5.73 Å². The third kappa shape index (κ3) is 4.81. The van der Waals surface area contributed by atoms with Gasteiger partial charge in [0.25, 0.3) is 0 Å². The van der Waals surface area contributed by atoms with Crippen LogP contribution in [0.2, 0.25) is 0 Å². The van der Waals surface area contributed by atoms with Crippen LogP contribution in [0.5, 0.6) is 0 Å². The van der Waals surface area contributed by atoms with E-state index in [-0.39, 0.29) is 5.84 Å². The molecule has 0 aromatic heterocycles. The fourth-order valence-electron chi connectivity index (χ4n) is 0.561. The summed E-state index contributed by atoms with van der Waals surface area (Å²) in [5.74, 6) is 0.200. The van der Waals surface area contributed by atoms with E-state index in [0.717, 1.165) is 5.57 Å². The Kier molecular flexibility index (Phi) is 3.44. The van der Waals surface area contributed by atoms with Gasteiger partial charge in [-0.25, -0.2) is 0 Å². The maximum absolute atomic E-state index is 6.91. The second kappa shape index (κ2) is 3.89. The van der Waals surface area contributed by atoms with Crippen LogP contribution in [-0.4, -0.2) is 5.84 Å². The minimum atomic E-state index is 0.200. The van der Waals surface area contributed by atoms with Crippen LogP contribution in [0.15, 0.2) is 24.3 Å². The van der Waals surface area contributed by atoms with Gasteiger partial charge in [0.15, 0.2) is 0 Å². The van der Waals surface area contributed by atoms with E-state index in [1.807, 2.05) is 13.0 Å². The van der Waals surface area contributed by atoms with Gasteiger partial charge in [0.05, 0.1) is 5.84 Å². The van der Waals surface area contributed by atoms with Crippen molar-refractivity contribution in [2.45, 2.75) is 13.3 Å². The summed E-state index contributed by atoms with van der Waals surface area (Å²) in [6.07, 6.45) is 4.09. The summed E-state index contributed by atoms with van der Waals surface area (Å²) in [5, 5.41) is 6.91. The second-order valence-corrected chi connectivity index (χ2v) is 1.95. The Balaban J connectivity index is 3.75. The molecule has 50 valence electrons. The van der Waals surface area contributed by atoms with Crippen molar-refractivity contribution in [3.05, 3.63) is 24.3 Å². The first-order chi connectivity index (χ1) is 4.16. The molecule has 2 nitrogen and oxygen atoms in total. The molecule has 0 fully saturated rings. The summed E-state index contributed by atoms with van der Waals surface area (Å²) in [6.45, 7) is 5.44. The van der Waals surface area contributed by atoms with Crippen molar-refractivity contribution in [1.82, 2.24) is 0 Å². The molecule has 0 aliphatic rings. The smallest absolute Gasteiger partial charge is 0.0946 e. The second-order valence-electron chi connectivity index (χ2n) is 1.95. The Bertz CT molecular complexity index is 145. The van der Waals surface area contributed by atoms with E-state index in [2.05, 4.69) is 6.58 Å². The highest BCUT2D eigenvalue weighted by Gasteiger charge is 1.88. The van der Waals surface area contributed by atoms with Gasteiger partial charge in [-0.3, -0.25) is 5.41 Å². The molecule has 0 amide bonds. The molecule has 9 heavy (non-hydrogen) atoms. The Labute approximate surface area is 55.6 Å². The molecule has 0 atom stereocenters. The lowest BCUT2D eigenvalue weighted by Gasteiger charge is -1.94. The van der Waals surface area contributed by atoms with Crippen LogP contribution >= 0.6 is 0 Å². The van der Waals surface area contributed by atoms with Crippen LogP contribution in [0.25, 0.3) is 0 Å². The predicted molar refractivity (Wildman–Crippen MR) is 40.5 cm³/mol. The number of amidine groups is 1. The highest BCUT2D eigenvalue weighted by Crippen LogP contribution is 1.97. The zero-order chi connectivity index (χ0) is 7.28. The van der Waals surface area contributed by atoms with Gasteiger partial charge in [-0.1, -0.05) is 24.3 Å². The lowest BCUT2D eigenvalue weighted by atomic mass is 10.2. The van der Waals surface area contributed by atoms with Gasteiger partial charge in [-0.15, -0.1) is 0 Å². The maximum Gasteiger partial charge on any atom is 0.0946 e. The standard InChI is InChI=1S/C7H12N2/c1-3-4-6(2)5-7(8)9/h3-4H,1,5H2,2H3,(H3,8,9)/b6-4+. The van der Waals surface area contributed by atoms with Gasteiger partial charge in [0, 0.05) is 6.42 Å². The minimum absolute atomic E-state index is 0.200. The van der Waals surface area contributed by atoms with Crippen LogP contribution < -0.4 is 5.73 Å². The third-order valence-electron chi connectivity index (χ3n) is 0.872. The van der Waals surface area contributed by atoms with Crippen molar-refractivity contribution in [2.75, 3.05) is 0 Å². The van der Waals surface area contributed by atoms with Gasteiger partial charge in [-0.05, 0) is 6.92 Å². The van der Waals surface area contributed by atoms with Crippen molar-refractivity contribution in [1.29, 1.82) is 5.41 Å². The van der Waals surface area contributed by atoms with Gasteiger partial charge < -0.3 is 5.73 Å². The molecule has 3 N–H and O–H groups in total. The largest absolute Gasteiger partial charge is 0.387 e. The number of nitrogens with one attached hydrogen (secondary N) is 1. The van der Waals surface area contributed by atoms with Crippen LogP contribution in [-0.2, 0) is 0 Å². The topological polar surface area (TPSA) is 49.9 Å².